The first-order valence-corrected chi connectivity index (χ1v) is 6.90. The molecule has 20 heavy (non-hydrogen) atoms. The molecule has 0 atom stereocenters. The Balaban J connectivity index is 2.56. The first-order chi connectivity index (χ1) is 9.52. The van der Waals surface area contributed by atoms with E-state index in [4.69, 9.17) is 11.6 Å². The van der Waals surface area contributed by atoms with Crippen molar-refractivity contribution in [3.8, 4) is 11.1 Å². The summed E-state index contributed by atoms with van der Waals surface area (Å²) in [6.45, 7) is 3.91. The van der Waals surface area contributed by atoms with Crippen molar-refractivity contribution in [1.29, 1.82) is 0 Å². The number of nitrogens with zero attached hydrogens (tertiary/aromatic N) is 1. The van der Waals surface area contributed by atoms with Gasteiger partial charge in [-0.2, -0.15) is 0 Å². The number of benzene rings is 1. The zero-order chi connectivity index (χ0) is 14.7. The van der Waals surface area contributed by atoms with E-state index in [9.17, 15) is 9.90 Å². The molecule has 0 saturated heterocycles. The van der Waals surface area contributed by atoms with E-state index in [1.807, 2.05) is 26.0 Å². The molecule has 2 rings (SSSR count). The Morgan fingerprint density at radius 1 is 1.30 bits per heavy atom. The fourth-order valence-corrected chi connectivity index (χ4v) is 2.32. The molecule has 0 fully saturated rings. The first kappa shape index (κ1) is 14.5. The lowest BCUT2D eigenvalue weighted by Gasteiger charge is -2.11. The van der Waals surface area contributed by atoms with Gasteiger partial charge < -0.3 is 5.11 Å². The molecule has 0 aliphatic heterocycles. The van der Waals surface area contributed by atoms with Crippen LogP contribution in [0, 0.1) is 6.92 Å². The molecule has 0 amide bonds. The summed E-state index contributed by atoms with van der Waals surface area (Å²) in [5.41, 5.74) is 3.52. The summed E-state index contributed by atoms with van der Waals surface area (Å²) in [6, 6.07) is 9.03. The van der Waals surface area contributed by atoms with E-state index < -0.39 is 5.97 Å². The number of aromatic carboxylic acids is 1. The molecule has 2 aromatic rings. The van der Waals surface area contributed by atoms with Crippen molar-refractivity contribution >= 4 is 17.6 Å². The van der Waals surface area contributed by atoms with Crippen LogP contribution in [-0.4, -0.2) is 16.1 Å². The van der Waals surface area contributed by atoms with Crippen molar-refractivity contribution in [2.24, 2.45) is 0 Å². The SMILES string of the molecule is CCCc1nc(C)c(-c2ccc(Cl)cc2)cc1C(=O)O. The second-order valence-electron chi connectivity index (χ2n) is 4.68. The molecule has 1 heterocycles. The lowest BCUT2D eigenvalue weighted by molar-refractivity contribution is 0.0695. The summed E-state index contributed by atoms with van der Waals surface area (Å²) in [7, 11) is 0. The Labute approximate surface area is 123 Å². The third kappa shape index (κ3) is 2.99. The standard InChI is InChI=1S/C16H16ClNO2/c1-3-4-15-14(16(19)20)9-13(10(2)18-15)11-5-7-12(17)8-6-11/h5-9H,3-4H2,1-2H3,(H,19,20). The topological polar surface area (TPSA) is 50.2 Å². The Morgan fingerprint density at radius 2 is 1.95 bits per heavy atom. The van der Waals surface area contributed by atoms with Crippen LogP contribution in [0.15, 0.2) is 30.3 Å². The molecule has 0 spiro atoms. The number of rotatable bonds is 4. The molecule has 0 aliphatic carbocycles. The second kappa shape index (κ2) is 6.06. The maximum Gasteiger partial charge on any atom is 0.337 e. The van der Waals surface area contributed by atoms with Crippen molar-refractivity contribution in [1.82, 2.24) is 4.98 Å². The molecule has 0 bridgehead atoms. The summed E-state index contributed by atoms with van der Waals surface area (Å²) in [4.78, 5) is 15.9. The molecule has 1 N–H and O–H groups in total. The fourth-order valence-electron chi connectivity index (χ4n) is 2.19. The largest absolute Gasteiger partial charge is 0.478 e. The van der Waals surface area contributed by atoms with Gasteiger partial charge in [-0.05, 0) is 37.1 Å². The van der Waals surface area contributed by atoms with Crippen LogP contribution in [0.1, 0.15) is 35.1 Å². The van der Waals surface area contributed by atoms with Crippen LogP contribution in [0.4, 0.5) is 0 Å². The van der Waals surface area contributed by atoms with Gasteiger partial charge in [-0.15, -0.1) is 0 Å². The molecule has 0 radical (unpaired) electrons. The minimum absolute atomic E-state index is 0.280. The van der Waals surface area contributed by atoms with Gasteiger partial charge in [0, 0.05) is 16.3 Å². The van der Waals surface area contributed by atoms with Crippen LogP contribution < -0.4 is 0 Å². The molecule has 3 nitrogen and oxygen atoms in total. The maximum absolute atomic E-state index is 11.4. The molecule has 1 aromatic heterocycles. The van der Waals surface area contributed by atoms with Gasteiger partial charge in [-0.1, -0.05) is 37.1 Å². The van der Waals surface area contributed by atoms with E-state index in [0.717, 1.165) is 23.2 Å². The number of carboxylic acid groups (broad SMARTS) is 1. The summed E-state index contributed by atoms with van der Waals surface area (Å²) >= 11 is 5.88. The van der Waals surface area contributed by atoms with Crippen molar-refractivity contribution in [3.63, 3.8) is 0 Å². The summed E-state index contributed by atoms with van der Waals surface area (Å²) < 4.78 is 0. The van der Waals surface area contributed by atoms with Gasteiger partial charge in [0.15, 0.2) is 0 Å². The van der Waals surface area contributed by atoms with Gasteiger partial charge in [0.05, 0.1) is 11.3 Å². The molecule has 0 aliphatic rings. The third-order valence-corrected chi connectivity index (χ3v) is 3.42. The van der Waals surface area contributed by atoms with Gasteiger partial charge in [-0.25, -0.2) is 4.79 Å². The molecule has 4 heteroatoms. The van der Waals surface area contributed by atoms with Gasteiger partial charge in [0.2, 0.25) is 0 Å². The van der Waals surface area contributed by atoms with Crippen LogP contribution >= 0.6 is 11.6 Å². The zero-order valence-electron chi connectivity index (χ0n) is 11.5. The number of aryl methyl sites for hydroxylation is 2. The van der Waals surface area contributed by atoms with Gasteiger partial charge >= 0.3 is 5.97 Å². The van der Waals surface area contributed by atoms with Gasteiger partial charge in [0.25, 0.3) is 0 Å². The molecule has 1 aromatic carbocycles. The van der Waals surface area contributed by atoms with Gasteiger partial charge in [0.1, 0.15) is 0 Å². The fraction of sp³-hybridized carbons (Fsp3) is 0.250. The average Bonchev–Trinajstić information content (AvgIpc) is 2.40. The highest BCUT2D eigenvalue weighted by atomic mass is 35.5. The smallest absolute Gasteiger partial charge is 0.337 e. The van der Waals surface area contributed by atoms with E-state index in [0.29, 0.717) is 17.1 Å². The zero-order valence-corrected chi connectivity index (χ0v) is 12.2. The van der Waals surface area contributed by atoms with E-state index in [1.165, 1.54) is 0 Å². The predicted octanol–water partition coefficient (Wildman–Crippen LogP) is 4.36. The van der Waals surface area contributed by atoms with Crippen molar-refractivity contribution < 1.29 is 9.90 Å². The highest BCUT2D eigenvalue weighted by Crippen LogP contribution is 2.26. The molecule has 104 valence electrons. The molecule has 0 unspecified atom stereocenters. The lowest BCUT2D eigenvalue weighted by Crippen LogP contribution is -2.07. The van der Waals surface area contributed by atoms with Crippen LogP contribution in [-0.2, 0) is 6.42 Å². The highest BCUT2D eigenvalue weighted by molar-refractivity contribution is 6.30. The van der Waals surface area contributed by atoms with Crippen molar-refractivity contribution in [2.75, 3.05) is 0 Å². The predicted molar refractivity (Wildman–Crippen MR) is 80.4 cm³/mol. The van der Waals surface area contributed by atoms with E-state index in [2.05, 4.69) is 4.98 Å². The Hall–Kier alpha value is -1.87. The number of pyridine rings is 1. The maximum atomic E-state index is 11.4. The number of aromatic nitrogens is 1. The van der Waals surface area contributed by atoms with Crippen LogP contribution in [0.2, 0.25) is 5.02 Å². The third-order valence-electron chi connectivity index (χ3n) is 3.16. The van der Waals surface area contributed by atoms with E-state index in [-0.39, 0.29) is 5.56 Å². The Bertz CT molecular complexity index is 636. The number of halogens is 1. The lowest BCUT2D eigenvalue weighted by atomic mass is 9.99. The average molecular weight is 290 g/mol. The Kier molecular flexibility index (Phi) is 4.40. The summed E-state index contributed by atoms with van der Waals surface area (Å²) in [5, 5.41) is 9.99. The molecular formula is C16H16ClNO2. The first-order valence-electron chi connectivity index (χ1n) is 6.52. The quantitative estimate of drug-likeness (QED) is 0.910. The van der Waals surface area contributed by atoms with E-state index in [1.54, 1.807) is 18.2 Å². The minimum atomic E-state index is -0.934. The number of hydrogen-bond donors (Lipinski definition) is 1. The monoisotopic (exact) mass is 289 g/mol. The Morgan fingerprint density at radius 3 is 2.50 bits per heavy atom. The minimum Gasteiger partial charge on any atom is -0.478 e. The normalized spacial score (nSPS) is 10.6. The number of carboxylic acids is 1. The van der Waals surface area contributed by atoms with E-state index >= 15 is 0 Å². The number of carbonyl (C=O) groups is 1. The summed E-state index contributed by atoms with van der Waals surface area (Å²) in [5.74, 6) is -0.934. The van der Waals surface area contributed by atoms with Crippen LogP contribution in [0.5, 0.6) is 0 Å². The number of hydrogen-bond acceptors (Lipinski definition) is 2. The van der Waals surface area contributed by atoms with Gasteiger partial charge in [-0.3, -0.25) is 4.98 Å². The van der Waals surface area contributed by atoms with Crippen molar-refractivity contribution in [2.45, 2.75) is 26.7 Å². The van der Waals surface area contributed by atoms with Crippen LogP contribution in [0.3, 0.4) is 0 Å². The summed E-state index contributed by atoms with van der Waals surface area (Å²) in [6.07, 6.45) is 1.54. The highest BCUT2D eigenvalue weighted by Gasteiger charge is 2.15. The second-order valence-corrected chi connectivity index (χ2v) is 5.11. The molecule has 0 saturated carbocycles. The van der Waals surface area contributed by atoms with Crippen LogP contribution in [0.25, 0.3) is 11.1 Å². The molecular weight excluding hydrogens is 274 g/mol. The van der Waals surface area contributed by atoms with Crippen molar-refractivity contribution in [3.05, 3.63) is 52.3 Å².